The van der Waals surface area contributed by atoms with Gasteiger partial charge in [-0.3, -0.25) is 13.9 Å². The number of ketones is 1. The highest BCUT2D eigenvalue weighted by molar-refractivity contribution is 7.92. The summed E-state index contributed by atoms with van der Waals surface area (Å²) in [5.74, 6) is -0.614. The van der Waals surface area contributed by atoms with E-state index >= 15 is 0 Å². The molecule has 0 aliphatic heterocycles. The zero-order valence-corrected chi connectivity index (χ0v) is 20.1. The average molecular weight is 505 g/mol. The van der Waals surface area contributed by atoms with Crippen LogP contribution in [0.15, 0.2) is 72.8 Å². The number of amides is 1. The van der Waals surface area contributed by atoms with Gasteiger partial charge in [0.05, 0.1) is 17.6 Å². The van der Waals surface area contributed by atoms with Gasteiger partial charge in [0.2, 0.25) is 15.9 Å². The topological polar surface area (TPSA) is 83.6 Å². The van der Waals surface area contributed by atoms with Crippen molar-refractivity contribution in [3.05, 3.63) is 94.0 Å². The number of nitrogens with one attached hydrogen (secondary N) is 1. The molecule has 9 heteroatoms. The molecule has 0 radical (unpaired) electrons. The van der Waals surface area contributed by atoms with Crippen LogP contribution in [0.2, 0.25) is 10.0 Å². The third-order valence-electron chi connectivity index (χ3n) is 4.80. The number of sulfonamides is 1. The number of anilines is 2. The minimum absolute atomic E-state index is 0.0498. The van der Waals surface area contributed by atoms with Crippen LogP contribution >= 0.6 is 23.2 Å². The summed E-state index contributed by atoms with van der Waals surface area (Å²) in [5.41, 5.74) is 1.52. The first kappa shape index (κ1) is 24.8. The van der Waals surface area contributed by atoms with Crippen molar-refractivity contribution in [2.45, 2.75) is 12.8 Å². The van der Waals surface area contributed by atoms with Gasteiger partial charge >= 0.3 is 0 Å². The van der Waals surface area contributed by atoms with Crippen LogP contribution in [-0.4, -0.2) is 32.9 Å². The highest BCUT2D eigenvalue weighted by Crippen LogP contribution is 2.25. The molecule has 1 amide bonds. The van der Waals surface area contributed by atoms with E-state index in [-0.39, 0.29) is 36.6 Å². The van der Waals surface area contributed by atoms with E-state index in [2.05, 4.69) is 5.32 Å². The second-order valence-corrected chi connectivity index (χ2v) is 10.1. The number of benzene rings is 3. The molecule has 0 heterocycles. The van der Waals surface area contributed by atoms with E-state index in [1.807, 2.05) is 0 Å². The van der Waals surface area contributed by atoms with E-state index in [1.165, 1.54) is 10.4 Å². The molecule has 0 aromatic heterocycles. The van der Waals surface area contributed by atoms with Gasteiger partial charge in [0, 0.05) is 34.1 Å². The van der Waals surface area contributed by atoms with Crippen molar-refractivity contribution in [1.29, 1.82) is 0 Å². The lowest BCUT2D eigenvalue weighted by molar-refractivity contribution is -0.116. The van der Waals surface area contributed by atoms with Gasteiger partial charge in [-0.1, -0.05) is 59.6 Å². The Balaban J connectivity index is 1.69. The summed E-state index contributed by atoms with van der Waals surface area (Å²) in [4.78, 5) is 25.5. The van der Waals surface area contributed by atoms with Crippen molar-refractivity contribution >= 4 is 56.3 Å². The Morgan fingerprint density at radius 2 is 1.61 bits per heavy atom. The Hall–Kier alpha value is -2.87. The molecule has 0 spiro atoms. The minimum Gasteiger partial charge on any atom is -0.325 e. The van der Waals surface area contributed by atoms with Gasteiger partial charge in [0.15, 0.2) is 5.78 Å². The van der Waals surface area contributed by atoms with Crippen molar-refractivity contribution < 1.29 is 18.0 Å². The fourth-order valence-electron chi connectivity index (χ4n) is 3.27. The molecule has 0 saturated carbocycles. The predicted molar refractivity (Wildman–Crippen MR) is 133 cm³/mol. The fourth-order valence-corrected chi connectivity index (χ4v) is 4.59. The summed E-state index contributed by atoms with van der Waals surface area (Å²) >= 11 is 12.1. The van der Waals surface area contributed by atoms with Crippen molar-refractivity contribution in [2.75, 3.05) is 22.4 Å². The van der Waals surface area contributed by atoms with E-state index in [0.717, 1.165) is 6.26 Å². The van der Waals surface area contributed by atoms with Gasteiger partial charge in [-0.05, 0) is 42.8 Å². The molecular weight excluding hydrogens is 483 g/mol. The molecule has 3 rings (SSSR count). The molecule has 1 N–H and O–H groups in total. The van der Waals surface area contributed by atoms with Gasteiger partial charge < -0.3 is 5.32 Å². The smallest absolute Gasteiger partial charge is 0.232 e. The first-order valence-corrected chi connectivity index (χ1v) is 12.7. The number of rotatable bonds is 9. The molecule has 33 heavy (non-hydrogen) atoms. The maximum absolute atomic E-state index is 12.9. The predicted octanol–water partition coefficient (Wildman–Crippen LogP) is 5.41. The van der Waals surface area contributed by atoms with Crippen molar-refractivity contribution in [3.8, 4) is 0 Å². The molecule has 0 aliphatic carbocycles. The maximum Gasteiger partial charge on any atom is 0.232 e. The molecule has 0 bridgehead atoms. The quantitative estimate of drug-likeness (QED) is 0.395. The molecule has 0 unspecified atom stereocenters. The molecule has 0 atom stereocenters. The van der Waals surface area contributed by atoms with E-state index < -0.39 is 10.0 Å². The molecule has 172 valence electrons. The van der Waals surface area contributed by atoms with Crippen LogP contribution in [0, 0.1) is 0 Å². The Labute approximate surface area is 203 Å². The monoisotopic (exact) mass is 504 g/mol. The molecule has 3 aromatic rings. The van der Waals surface area contributed by atoms with Crippen molar-refractivity contribution in [2.24, 2.45) is 0 Å². The molecule has 6 nitrogen and oxygen atoms in total. The first-order chi connectivity index (χ1) is 15.6. The standard InChI is InChI=1S/C24H22Cl2N2O4S/c1-33(31,32)28(20-10-5-9-18(25)15-20)14-6-11-23(29)27-22-13-12-19(26)16-21(22)24(30)17-7-3-2-4-8-17/h2-5,7-10,12-13,15-16H,6,11,14H2,1H3,(H,27,29). The van der Waals surface area contributed by atoms with Gasteiger partial charge in [-0.15, -0.1) is 0 Å². The van der Waals surface area contributed by atoms with Crippen LogP contribution in [-0.2, 0) is 14.8 Å². The van der Waals surface area contributed by atoms with Crippen LogP contribution in [0.1, 0.15) is 28.8 Å². The maximum atomic E-state index is 12.9. The Kier molecular flexibility index (Phi) is 8.13. The van der Waals surface area contributed by atoms with E-state index in [9.17, 15) is 18.0 Å². The molecule has 3 aromatic carbocycles. The normalized spacial score (nSPS) is 11.1. The van der Waals surface area contributed by atoms with Crippen molar-refractivity contribution in [1.82, 2.24) is 0 Å². The zero-order valence-electron chi connectivity index (χ0n) is 17.8. The van der Waals surface area contributed by atoms with Crippen LogP contribution < -0.4 is 9.62 Å². The molecular formula is C24H22Cl2N2O4S. The highest BCUT2D eigenvalue weighted by atomic mass is 35.5. The van der Waals surface area contributed by atoms with Gasteiger partial charge in [-0.2, -0.15) is 0 Å². The van der Waals surface area contributed by atoms with Gasteiger partial charge in [0.1, 0.15) is 0 Å². The number of nitrogens with zero attached hydrogens (tertiary/aromatic N) is 1. The number of halogens is 2. The lowest BCUT2D eigenvalue weighted by atomic mass is 10.0. The van der Waals surface area contributed by atoms with Gasteiger partial charge in [-0.25, -0.2) is 8.42 Å². The van der Waals surface area contributed by atoms with Crippen LogP contribution in [0.5, 0.6) is 0 Å². The minimum atomic E-state index is -3.56. The third kappa shape index (κ3) is 6.81. The first-order valence-electron chi connectivity index (χ1n) is 10.1. The lowest BCUT2D eigenvalue weighted by Crippen LogP contribution is -2.31. The number of hydrogen-bond acceptors (Lipinski definition) is 4. The summed E-state index contributed by atoms with van der Waals surface area (Å²) in [6.45, 7) is 0.100. The van der Waals surface area contributed by atoms with E-state index in [4.69, 9.17) is 23.2 Å². The largest absolute Gasteiger partial charge is 0.325 e. The SMILES string of the molecule is CS(=O)(=O)N(CCCC(=O)Nc1ccc(Cl)cc1C(=O)c1ccccc1)c1cccc(Cl)c1. The Morgan fingerprint density at radius 1 is 0.909 bits per heavy atom. The van der Waals surface area contributed by atoms with Gasteiger partial charge in [0.25, 0.3) is 0 Å². The summed E-state index contributed by atoms with van der Waals surface area (Å²) in [6, 6.07) is 19.9. The summed E-state index contributed by atoms with van der Waals surface area (Å²) in [7, 11) is -3.56. The number of carbonyl (C=O) groups excluding carboxylic acids is 2. The number of carbonyl (C=O) groups is 2. The lowest BCUT2D eigenvalue weighted by Gasteiger charge is -2.22. The summed E-state index contributed by atoms with van der Waals surface area (Å²) in [5, 5.41) is 3.53. The van der Waals surface area contributed by atoms with E-state index in [0.29, 0.717) is 27.0 Å². The molecule has 0 aliphatic rings. The summed E-state index contributed by atoms with van der Waals surface area (Å²) < 4.78 is 25.7. The zero-order chi connectivity index (χ0) is 24.0. The van der Waals surface area contributed by atoms with Crippen molar-refractivity contribution in [3.63, 3.8) is 0 Å². The third-order valence-corrected chi connectivity index (χ3v) is 6.46. The van der Waals surface area contributed by atoms with Crippen LogP contribution in [0.25, 0.3) is 0 Å². The van der Waals surface area contributed by atoms with E-state index in [1.54, 1.807) is 66.7 Å². The second kappa shape index (κ2) is 10.8. The highest BCUT2D eigenvalue weighted by Gasteiger charge is 2.19. The number of hydrogen-bond donors (Lipinski definition) is 1. The summed E-state index contributed by atoms with van der Waals surface area (Å²) in [6.07, 6.45) is 1.41. The Bertz CT molecular complexity index is 1260. The molecule has 0 fully saturated rings. The van der Waals surface area contributed by atoms with Crippen LogP contribution in [0.3, 0.4) is 0 Å². The Morgan fingerprint density at radius 3 is 2.27 bits per heavy atom. The average Bonchev–Trinajstić information content (AvgIpc) is 2.77. The van der Waals surface area contributed by atoms with Crippen LogP contribution in [0.4, 0.5) is 11.4 Å². The molecule has 0 saturated heterocycles. The second-order valence-electron chi connectivity index (χ2n) is 7.35. The fraction of sp³-hybridized carbons (Fsp3) is 0.167.